The highest BCUT2D eigenvalue weighted by Gasteiger charge is 2.34. The van der Waals surface area contributed by atoms with Gasteiger partial charge in [0.05, 0.1) is 17.8 Å². The Labute approximate surface area is 152 Å². The largest absolute Gasteiger partial charge is 0.355 e. The van der Waals surface area contributed by atoms with E-state index in [1.54, 1.807) is 18.6 Å². The molecule has 1 saturated carbocycles. The van der Waals surface area contributed by atoms with Crippen LogP contribution in [0.1, 0.15) is 41.0 Å². The molecule has 2 heterocycles. The minimum atomic E-state index is -0.280. The third kappa shape index (κ3) is 4.62. The van der Waals surface area contributed by atoms with E-state index in [4.69, 9.17) is 0 Å². The number of carbonyl (C=O) groups excluding carboxylic acids is 2. The van der Waals surface area contributed by atoms with Gasteiger partial charge in [-0.1, -0.05) is 12.5 Å². The summed E-state index contributed by atoms with van der Waals surface area (Å²) in [5.74, 6) is -0.490. The van der Waals surface area contributed by atoms with E-state index >= 15 is 0 Å². The number of hydrogen-bond donors (Lipinski definition) is 2. The molecule has 0 spiro atoms. The minimum absolute atomic E-state index is 0.00770. The van der Waals surface area contributed by atoms with E-state index < -0.39 is 0 Å². The normalized spacial score (nSPS) is 19.1. The summed E-state index contributed by atoms with van der Waals surface area (Å²) in [6, 6.07) is 3.71. The summed E-state index contributed by atoms with van der Waals surface area (Å²) in [5.41, 5.74) is 2.12. The number of aryl methyl sites for hydroxylation is 1. The first-order valence-electron chi connectivity index (χ1n) is 8.89. The molecule has 26 heavy (non-hydrogen) atoms. The lowest BCUT2D eigenvalue weighted by molar-refractivity contribution is -0.125. The molecule has 2 amide bonds. The zero-order valence-electron chi connectivity index (χ0n) is 14.8. The lowest BCUT2D eigenvalue weighted by atomic mass is 10.0. The summed E-state index contributed by atoms with van der Waals surface area (Å²) in [6.45, 7) is 2.38. The van der Waals surface area contributed by atoms with Crippen LogP contribution in [0.4, 0.5) is 0 Å². The number of amides is 2. The van der Waals surface area contributed by atoms with Crippen LogP contribution < -0.4 is 10.6 Å². The third-order valence-electron chi connectivity index (χ3n) is 4.62. The summed E-state index contributed by atoms with van der Waals surface area (Å²) in [6.07, 6.45) is 9.79. The van der Waals surface area contributed by atoms with Gasteiger partial charge < -0.3 is 10.6 Å². The molecule has 0 saturated heterocycles. The van der Waals surface area contributed by atoms with Gasteiger partial charge in [0.2, 0.25) is 5.91 Å². The molecule has 7 heteroatoms. The van der Waals surface area contributed by atoms with E-state index in [9.17, 15) is 9.59 Å². The monoisotopic (exact) mass is 353 g/mol. The van der Waals surface area contributed by atoms with Gasteiger partial charge >= 0.3 is 0 Å². The van der Waals surface area contributed by atoms with Gasteiger partial charge in [0.15, 0.2) is 0 Å². The number of nitrogens with zero attached hydrogens (tertiary/aromatic N) is 3. The van der Waals surface area contributed by atoms with Crippen molar-refractivity contribution in [2.75, 3.05) is 6.54 Å². The van der Waals surface area contributed by atoms with Crippen molar-refractivity contribution in [3.63, 3.8) is 0 Å². The van der Waals surface area contributed by atoms with E-state index in [-0.39, 0.29) is 29.5 Å². The van der Waals surface area contributed by atoms with Crippen molar-refractivity contribution in [2.24, 2.45) is 5.92 Å². The van der Waals surface area contributed by atoms with Crippen LogP contribution in [0.2, 0.25) is 0 Å². The van der Waals surface area contributed by atoms with Crippen LogP contribution in [0, 0.1) is 12.8 Å². The Hall–Kier alpha value is -2.83. The van der Waals surface area contributed by atoms with Crippen LogP contribution in [-0.2, 0) is 11.2 Å². The first-order valence-corrected chi connectivity index (χ1v) is 8.89. The summed E-state index contributed by atoms with van der Waals surface area (Å²) >= 11 is 0. The average Bonchev–Trinajstić information content (AvgIpc) is 3.11. The van der Waals surface area contributed by atoms with Crippen molar-refractivity contribution in [2.45, 2.75) is 38.6 Å². The quantitative estimate of drug-likeness (QED) is 0.819. The standard InChI is InChI=1S/C19H23N5O2/c1-13-10-23-17(12-22-13)19(26)24-16-6-2-5-15(16)18(25)21-9-7-14-4-3-8-20-11-14/h3-4,8,10-12,15-16H,2,5-7,9H2,1H3,(H,21,25)(H,24,26)/t15-,16+/m0/s1. The summed E-state index contributed by atoms with van der Waals surface area (Å²) in [5, 5.41) is 5.92. The molecule has 2 atom stereocenters. The Morgan fingerprint density at radius 2 is 2.08 bits per heavy atom. The Morgan fingerprint density at radius 3 is 2.81 bits per heavy atom. The average molecular weight is 353 g/mol. The van der Waals surface area contributed by atoms with Crippen LogP contribution >= 0.6 is 0 Å². The van der Waals surface area contributed by atoms with E-state index in [0.29, 0.717) is 6.54 Å². The summed E-state index contributed by atoms with van der Waals surface area (Å²) < 4.78 is 0. The van der Waals surface area contributed by atoms with E-state index in [1.807, 2.05) is 19.1 Å². The molecule has 0 aromatic carbocycles. The number of pyridine rings is 1. The molecule has 0 radical (unpaired) electrons. The summed E-state index contributed by atoms with van der Waals surface area (Å²) in [4.78, 5) is 37.1. The Morgan fingerprint density at radius 1 is 1.19 bits per heavy atom. The maximum absolute atomic E-state index is 12.5. The molecule has 2 aromatic heterocycles. The van der Waals surface area contributed by atoms with E-state index in [0.717, 1.165) is 36.9 Å². The third-order valence-corrected chi connectivity index (χ3v) is 4.62. The van der Waals surface area contributed by atoms with Crippen LogP contribution in [0.25, 0.3) is 0 Å². The Kier molecular flexibility index (Phi) is 5.88. The smallest absolute Gasteiger partial charge is 0.271 e. The van der Waals surface area contributed by atoms with Gasteiger partial charge in [-0.2, -0.15) is 0 Å². The number of rotatable bonds is 6. The predicted octanol–water partition coefficient (Wildman–Crippen LogP) is 1.44. The van der Waals surface area contributed by atoms with Crippen molar-refractivity contribution in [1.82, 2.24) is 25.6 Å². The van der Waals surface area contributed by atoms with Crippen LogP contribution in [0.5, 0.6) is 0 Å². The molecule has 3 rings (SSSR count). The molecule has 2 N–H and O–H groups in total. The molecule has 2 aromatic rings. The first kappa shape index (κ1) is 18.0. The lowest BCUT2D eigenvalue weighted by Crippen LogP contribution is -2.44. The van der Waals surface area contributed by atoms with Crippen molar-refractivity contribution in [3.05, 3.63) is 53.9 Å². The van der Waals surface area contributed by atoms with Gasteiger partial charge in [0.25, 0.3) is 5.91 Å². The predicted molar refractivity (Wildman–Crippen MR) is 96.3 cm³/mol. The second-order valence-electron chi connectivity index (χ2n) is 6.56. The molecule has 136 valence electrons. The highest BCUT2D eigenvalue weighted by atomic mass is 16.2. The maximum atomic E-state index is 12.5. The van der Waals surface area contributed by atoms with Gasteiger partial charge in [0, 0.05) is 31.2 Å². The van der Waals surface area contributed by atoms with Gasteiger partial charge in [-0.25, -0.2) is 4.98 Å². The molecule has 1 aliphatic carbocycles. The fourth-order valence-corrected chi connectivity index (χ4v) is 3.21. The number of nitrogens with one attached hydrogen (secondary N) is 2. The Bertz CT molecular complexity index is 748. The van der Waals surface area contributed by atoms with Crippen LogP contribution in [0.3, 0.4) is 0 Å². The molecule has 0 unspecified atom stereocenters. The summed E-state index contributed by atoms with van der Waals surface area (Å²) in [7, 11) is 0. The second kappa shape index (κ2) is 8.51. The maximum Gasteiger partial charge on any atom is 0.271 e. The van der Waals surface area contributed by atoms with Crippen molar-refractivity contribution in [1.29, 1.82) is 0 Å². The SMILES string of the molecule is Cc1cnc(C(=O)N[C@@H]2CCC[C@@H]2C(=O)NCCc2cccnc2)cn1. The van der Waals surface area contributed by atoms with Gasteiger partial charge in [0.1, 0.15) is 5.69 Å². The van der Waals surface area contributed by atoms with Crippen LogP contribution in [0.15, 0.2) is 36.9 Å². The molecule has 7 nitrogen and oxygen atoms in total. The molecular formula is C19H23N5O2. The molecule has 0 bridgehead atoms. The first-order chi connectivity index (χ1) is 12.6. The van der Waals surface area contributed by atoms with Crippen molar-refractivity contribution in [3.8, 4) is 0 Å². The number of aromatic nitrogens is 3. The minimum Gasteiger partial charge on any atom is -0.355 e. The van der Waals surface area contributed by atoms with E-state index in [1.165, 1.54) is 6.20 Å². The lowest BCUT2D eigenvalue weighted by Gasteiger charge is -2.20. The zero-order valence-corrected chi connectivity index (χ0v) is 14.8. The molecule has 1 fully saturated rings. The topological polar surface area (TPSA) is 96.9 Å². The van der Waals surface area contributed by atoms with E-state index in [2.05, 4.69) is 25.6 Å². The fraction of sp³-hybridized carbons (Fsp3) is 0.421. The van der Waals surface area contributed by atoms with Gasteiger partial charge in [-0.05, 0) is 37.8 Å². The second-order valence-corrected chi connectivity index (χ2v) is 6.56. The van der Waals surface area contributed by atoms with Gasteiger partial charge in [-0.3, -0.25) is 19.6 Å². The van der Waals surface area contributed by atoms with Gasteiger partial charge in [-0.15, -0.1) is 0 Å². The number of carbonyl (C=O) groups is 2. The zero-order chi connectivity index (χ0) is 18.4. The Balaban J connectivity index is 1.51. The number of hydrogen-bond acceptors (Lipinski definition) is 5. The van der Waals surface area contributed by atoms with Crippen LogP contribution in [-0.4, -0.2) is 39.4 Å². The molecule has 0 aliphatic heterocycles. The highest BCUT2D eigenvalue weighted by Crippen LogP contribution is 2.26. The fourth-order valence-electron chi connectivity index (χ4n) is 3.21. The van der Waals surface area contributed by atoms with Crippen molar-refractivity contribution >= 4 is 11.8 Å². The molecular weight excluding hydrogens is 330 g/mol. The molecule has 1 aliphatic rings. The van der Waals surface area contributed by atoms with Crippen molar-refractivity contribution < 1.29 is 9.59 Å². The highest BCUT2D eigenvalue weighted by molar-refractivity contribution is 5.92.